The highest BCUT2D eigenvalue weighted by atomic mass is 16.4. The normalized spacial score (nSPS) is 11.8. The van der Waals surface area contributed by atoms with Crippen molar-refractivity contribution in [1.29, 1.82) is 0 Å². The van der Waals surface area contributed by atoms with Crippen LogP contribution >= 0.6 is 0 Å². The molecular weight excluding hydrogens is 292 g/mol. The highest BCUT2D eigenvalue weighted by Crippen LogP contribution is 2.14. The molecule has 0 bridgehead atoms. The molecule has 1 aromatic heterocycles. The Morgan fingerprint density at radius 3 is 2.48 bits per heavy atom. The van der Waals surface area contributed by atoms with Gasteiger partial charge in [0.2, 0.25) is 0 Å². The van der Waals surface area contributed by atoms with E-state index in [4.69, 9.17) is 5.11 Å². The lowest BCUT2D eigenvalue weighted by atomic mass is 10.0. The number of aromatic carboxylic acids is 1. The fourth-order valence-electron chi connectivity index (χ4n) is 2.32. The summed E-state index contributed by atoms with van der Waals surface area (Å²) in [5.74, 6) is -1.28. The van der Waals surface area contributed by atoms with E-state index in [1.54, 1.807) is 11.9 Å². The third kappa shape index (κ3) is 3.94. The molecule has 1 aromatic carbocycles. The molecule has 0 fully saturated rings. The van der Waals surface area contributed by atoms with Crippen LogP contribution in [0.25, 0.3) is 0 Å². The summed E-state index contributed by atoms with van der Waals surface area (Å²) >= 11 is 0. The van der Waals surface area contributed by atoms with Gasteiger partial charge in [0.25, 0.3) is 5.91 Å². The average Bonchev–Trinajstić information content (AvgIpc) is 2.55. The summed E-state index contributed by atoms with van der Waals surface area (Å²) in [6.45, 7) is 4.03. The molecule has 1 unspecified atom stereocenters. The highest BCUT2D eigenvalue weighted by Gasteiger charge is 2.19. The van der Waals surface area contributed by atoms with Crippen LogP contribution < -0.4 is 0 Å². The standard InChI is InChI=1S/C18H20N2O3/c1-12-6-4-5-7-14(12)10-13(2)20(3)17(21)16-9-8-15(11-19-16)18(22)23/h4-9,11,13H,10H2,1-3H3,(H,22,23). The zero-order chi connectivity index (χ0) is 17.0. The Labute approximate surface area is 135 Å². The van der Waals surface area contributed by atoms with Crippen molar-refractivity contribution in [3.8, 4) is 0 Å². The Morgan fingerprint density at radius 1 is 1.22 bits per heavy atom. The molecule has 1 N–H and O–H groups in total. The van der Waals surface area contributed by atoms with Crippen molar-refractivity contribution in [2.45, 2.75) is 26.3 Å². The van der Waals surface area contributed by atoms with Crippen molar-refractivity contribution in [3.63, 3.8) is 0 Å². The van der Waals surface area contributed by atoms with E-state index in [1.165, 1.54) is 29.5 Å². The predicted molar refractivity (Wildman–Crippen MR) is 87.6 cm³/mol. The number of carbonyl (C=O) groups excluding carboxylic acids is 1. The second-order valence-corrected chi connectivity index (χ2v) is 5.63. The van der Waals surface area contributed by atoms with Crippen molar-refractivity contribution >= 4 is 11.9 Å². The molecule has 1 heterocycles. The topological polar surface area (TPSA) is 70.5 Å². The van der Waals surface area contributed by atoms with Gasteiger partial charge in [-0.1, -0.05) is 24.3 Å². The molecule has 0 spiro atoms. The maximum absolute atomic E-state index is 12.5. The van der Waals surface area contributed by atoms with Crippen molar-refractivity contribution in [1.82, 2.24) is 9.88 Å². The van der Waals surface area contributed by atoms with Crippen LogP contribution in [0.2, 0.25) is 0 Å². The number of carbonyl (C=O) groups is 2. The number of hydrogen-bond acceptors (Lipinski definition) is 3. The van der Waals surface area contributed by atoms with Crippen LogP contribution in [0.5, 0.6) is 0 Å². The lowest BCUT2D eigenvalue weighted by Crippen LogP contribution is -2.37. The first-order chi connectivity index (χ1) is 10.9. The van der Waals surface area contributed by atoms with Gasteiger partial charge in [-0.15, -0.1) is 0 Å². The molecule has 0 radical (unpaired) electrons. The van der Waals surface area contributed by atoms with E-state index in [-0.39, 0.29) is 23.2 Å². The second kappa shape index (κ2) is 7.05. The average molecular weight is 312 g/mol. The molecule has 2 aromatic rings. The predicted octanol–water partition coefficient (Wildman–Crippen LogP) is 2.79. The number of aryl methyl sites for hydroxylation is 1. The largest absolute Gasteiger partial charge is 0.478 e. The number of likely N-dealkylation sites (N-methyl/N-ethyl adjacent to an activating group) is 1. The molecule has 2 rings (SSSR count). The first-order valence-electron chi connectivity index (χ1n) is 7.41. The van der Waals surface area contributed by atoms with Gasteiger partial charge in [0.1, 0.15) is 5.69 Å². The fourth-order valence-corrected chi connectivity index (χ4v) is 2.32. The lowest BCUT2D eigenvalue weighted by Gasteiger charge is -2.25. The Kier molecular flexibility index (Phi) is 5.11. The Balaban J connectivity index is 2.09. The van der Waals surface area contributed by atoms with Crippen LogP contribution in [0.4, 0.5) is 0 Å². The van der Waals surface area contributed by atoms with Crippen LogP contribution in [-0.4, -0.2) is 40.0 Å². The summed E-state index contributed by atoms with van der Waals surface area (Å²) in [5, 5.41) is 8.87. The smallest absolute Gasteiger partial charge is 0.337 e. The number of rotatable bonds is 5. The summed E-state index contributed by atoms with van der Waals surface area (Å²) in [7, 11) is 1.73. The van der Waals surface area contributed by atoms with Crippen molar-refractivity contribution in [2.24, 2.45) is 0 Å². The summed E-state index contributed by atoms with van der Waals surface area (Å²) in [4.78, 5) is 28.9. The zero-order valence-electron chi connectivity index (χ0n) is 13.5. The van der Waals surface area contributed by atoms with Crippen LogP contribution in [0, 0.1) is 6.92 Å². The van der Waals surface area contributed by atoms with Gasteiger partial charge in [-0.25, -0.2) is 4.79 Å². The number of aromatic nitrogens is 1. The van der Waals surface area contributed by atoms with Gasteiger partial charge >= 0.3 is 5.97 Å². The van der Waals surface area contributed by atoms with E-state index in [9.17, 15) is 9.59 Å². The Bertz CT molecular complexity index is 710. The van der Waals surface area contributed by atoms with Crippen LogP contribution in [0.15, 0.2) is 42.6 Å². The molecule has 120 valence electrons. The number of hydrogen-bond donors (Lipinski definition) is 1. The van der Waals surface area contributed by atoms with Gasteiger partial charge in [-0.05, 0) is 43.5 Å². The molecule has 0 saturated heterocycles. The van der Waals surface area contributed by atoms with E-state index < -0.39 is 5.97 Å². The van der Waals surface area contributed by atoms with Crippen LogP contribution in [0.3, 0.4) is 0 Å². The maximum Gasteiger partial charge on any atom is 0.337 e. The van der Waals surface area contributed by atoms with Crippen LogP contribution in [-0.2, 0) is 6.42 Å². The van der Waals surface area contributed by atoms with E-state index in [0.717, 1.165) is 6.42 Å². The SMILES string of the molecule is Cc1ccccc1CC(C)N(C)C(=O)c1ccc(C(=O)O)cn1. The van der Waals surface area contributed by atoms with Crippen LogP contribution in [0.1, 0.15) is 38.9 Å². The van der Waals surface area contributed by atoms with Crippen molar-refractivity contribution in [2.75, 3.05) is 7.05 Å². The van der Waals surface area contributed by atoms with Gasteiger partial charge in [-0.2, -0.15) is 0 Å². The van der Waals surface area contributed by atoms with Crippen molar-refractivity contribution in [3.05, 3.63) is 65.0 Å². The molecule has 5 heteroatoms. The number of amides is 1. The highest BCUT2D eigenvalue weighted by molar-refractivity contribution is 5.93. The lowest BCUT2D eigenvalue weighted by molar-refractivity contribution is 0.0691. The first kappa shape index (κ1) is 16.7. The third-order valence-corrected chi connectivity index (χ3v) is 3.99. The van der Waals surface area contributed by atoms with E-state index >= 15 is 0 Å². The van der Waals surface area contributed by atoms with Crippen molar-refractivity contribution < 1.29 is 14.7 Å². The first-order valence-corrected chi connectivity index (χ1v) is 7.41. The molecule has 1 atom stereocenters. The number of benzene rings is 1. The molecule has 0 saturated carbocycles. The summed E-state index contributed by atoms with van der Waals surface area (Å²) in [5.41, 5.74) is 2.71. The molecule has 23 heavy (non-hydrogen) atoms. The van der Waals surface area contributed by atoms with Gasteiger partial charge in [0, 0.05) is 19.3 Å². The summed E-state index contributed by atoms with van der Waals surface area (Å²) in [6.07, 6.45) is 1.96. The van der Waals surface area contributed by atoms with E-state index in [0.29, 0.717) is 0 Å². The minimum Gasteiger partial charge on any atom is -0.478 e. The van der Waals surface area contributed by atoms with Gasteiger partial charge in [-0.3, -0.25) is 9.78 Å². The minimum absolute atomic E-state index is 0.00421. The quantitative estimate of drug-likeness (QED) is 0.921. The monoisotopic (exact) mass is 312 g/mol. The Hall–Kier alpha value is -2.69. The summed E-state index contributed by atoms with van der Waals surface area (Å²) in [6, 6.07) is 10.9. The minimum atomic E-state index is -1.06. The fraction of sp³-hybridized carbons (Fsp3) is 0.278. The number of nitrogens with zero attached hydrogens (tertiary/aromatic N) is 2. The molecule has 0 aliphatic rings. The molecule has 0 aliphatic carbocycles. The number of pyridine rings is 1. The molecule has 0 aliphatic heterocycles. The second-order valence-electron chi connectivity index (χ2n) is 5.63. The molecule has 1 amide bonds. The Morgan fingerprint density at radius 2 is 1.91 bits per heavy atom. The van der Waals surface area contributed by atoms with Gasteiger partial charge < -0.3 is 10.0 Å². The molecule has 5 nitrogen and oxygen atoms in total. The third-order valence-electron chi connectivity index (χ3n) is 3.99. The van der Waals surface area contributed by atoms with Gasteiger partial charge in [0.05, 0.1) is 5.56 Å². The number of carboxylic acid groups (broad SMARTS) is 1. The van der Waals surface area contributed by atoms with E-state index in [2.05, 4.69) is 24.0 Å². The van der Waals surface area contributed by atoms with E-state index in [1.807, 2.05) is 19.1 Å². The zero-order valence-corrected chi connectivity index (χ0v) is 13.5. The molecular formula is C18H20N2O3. The van der Waals surface area contributed by atoms with Gasteiger partial charge in [0.15, 0.2) is 0 Å². The summed E-state index contributed by atoms with van der Waals surface area (Å²) < 4.78 is 0. The number of carboxylic acids is 1. The maximum atomic E-state index is 12.5.